The van der Waals surface area contributed by atoms with Gasteiger partial charge in [0.25, 0.3) is 11.5 Å². The molecule has 0 saturated heterocycles. The smallest absolute Gasteiger partial charge is 0.271 e. The van der Waals surface area contributed by atoms with Crippen molar-refractivity contribution in [2.45, 2.75) is 6.54 Å². The minimum atomic E-state index is -0.285. The van der Waals surface area contributed by atoms with Crippen molar-refractivity contribution >= 4 is 18.3 Å². The molecule has 0 spiro atoms. The normalized spacial score (nSPS) is 9.86. The van der Waals surface area contributed by atoms with E-state index in [1.807, 2.05) is 37.4 Å². The number of carbonyl (C=O) groups excluding carboxylic acids is 1. The van der Waals surface area contributed by atoms with Gasteiger partial charge < -0.3 is 10.6 Å². The molecule has 1 amide bonds. The van der Waals surface area contributed by atoms with Gasteiger partial charge in [0.05, 0.1) is 6.54 Å². The predicted molar refractivity (Wildman–Crippen MR) is 87.5 cm³/mol. The van der Waals surface area contributed by atoms with Gasteiger partial charge in [-0.25, -0.2) is 4.68 Å². The van der Waals surface area contributed by atoms with E-state index in [-0.39, 0.29) is 29.6 Å². The highest BCUT2D eigenvalue weighted by Crippen LogP contribution is 2.00. The Hall–Kier alpha value is -2.18. The molecule has 0 fully saturated rings. The molecule has 2 rings (SSSR count). The molecule has 0 unspecified atom stereocenters. The van der Waals surface area contributed by atoms with Crippen LogP contribution < -0.4 is 16.2 Å². The standard InChI is InChI=1S/C15H18N4O2.ClH/c1-16-9-10-17-15(21)13-7-8-14(20)19(18-13)11-12-5-3-2-4-6-12;/h2-8,16H,9-11H2,1H3,(H,17,21);1H. The van der Waals surface area contributed by atoms with Crippen LogP contribution in [0.3, 0.4) is 0 Å². The highest BCUT2D eigenvalue weighted by atomic mass is 35.5. The van der Waals surface area contributed by atoms with Crippen molar-refractivity contribution in [2.24, 2.45) is 0 Å². The van der Waals surface area contributed by atoms with Gasteiger partial charge in [-0.2, -0.15) is 5.10 Å². The van der Waals surface area contributed by atoms with Gasteiger partial charge in [0.2, 0.25) is 0 Å². The van der Waals surface area contributed by atoms with Crippen LogP contribution in [0.15, 0.2) is 47.3 Å². The zero-order chi connectivity index (χ0) is 15.1. The summed E-state index contributed by atoms with van der Waals surface area (Å²) < 4.78 is 1.29. The number of rotatable bonds is 6. The summed E-state index contributed by atoms with van der Waals surface area (Å²) in [5.74, 6) is -0.285. The Morgan fingerprint density at radius 1 is 1.14 bits per heavy atom. The number of halogens is 1. The van der Waals surface area contributed by atoms with Crippen LogP contribution in [0.25, 0.3) is 0 Å². The van der Waals surface area contributed by atoms with Gasteiger partial charge in [-0.15, -0.1) is 12.4 Å². The number of nitrogens with zero attached hydrogens (tertiary/aromatic N) is 2. The van der Waals surface area contributed by atoms with E-state index in [1.165, 1.54) is 16.8 Å². The van der Waals surface area contributed by atoms with E-state index in [1.54, 1.807) is 0 Å². The number of benzene rings is 1. The van der Waals surface area contributed by atoms with Crippen LogP contribution in [-0.4, -0.2) is 35.8 Å². The first kappa shape index (κ1) is 17.9. The van der Waals surface area contributed by atoms with Gasteiger partial charge in [0, 0.05) is 19.2 Å². The van der Waals surface area contributed by atoms with Crippen LogP contribution in [-0.2, 0) is 6.54 Å². The van der Waals surface area contributed by atoms with Crippen LogP contribution in [0.5, 0.6) is 0 Å². The number of hydrogen-bond acceptors (Lipinski definition) is 4. The summed E-state index contributed by atoms with van der Waals surface area (Å²) >= 11 is 0. The summed E-state index contributed by atoms with van der Waals surface area (Å²) in [7, 11) is 1.81. The number of likely N-dealkylation sites (N-methyl/N-ethyl adjacent to an activating group) is 1. The van der Waals surface area contributed by atoms with E-state index in [0.29, 0.717) is 19.6 Å². The van der Waals surface area contributed by atoms with E-state index < -0.39 is 0 Å². The lowest BCUT2D eigenvalue weighted by molar-refractivity contribution is 0.0946. The summed E-state index contributed by atoms with van der Waals surface area (Å²) in [6.45, 7) is 1.53. The molecule has 118 valence electrons. The highest BCUT2D eigenvalue weighted by molar-refractivity contribution is 5.91. The molecule has 1 aromatic heterocycles. The van der Waals surface area contributed by atoms with Crippen molar-refractivity contribution in [1.29, 1.82) is 0 Å². The molecule has 0 aliphatic heterocycles. The fourth-order valence-electron chi connectivity index (χ4n) is 1.83. The molecule has 0 aliphatic carbocycles. The van der Waals surface area contributed by atoms with E-state index in [9.17, 15) is 9.59 Å². The van der Waals surface area contributed by atoms with E-state index >= 15 is 0 Å². The lowest BCUT2D eigenvalue weighted by atomic mass is 10.2. The Kier molecular flexibility index (Phi) is 7.28. The molecule has 7 heteroatoms. The van der Waals surface area contributed by atoms with Crippen molar-refractivity contribution in [2.75, 3.05) is 20.1 Å². The van der Waals surface area contributed by atoms with Crippen molar-refractivity contribution in [3.8, 4) is 0 Å². The molecule has 0 saturated carbocycles. The van der Waals surface area contributed by atoms with Crippen molar-refractivity contribution in [3.05, 3.63) is 64.1 Å². The number of amides is 1. The number of nitrogens with one attached hydrogen (secondary N) is 2. The maximum Gasteiger partial charge on any atom is 0.271 e. The molecule has 2 aromatic rings. The van der Waals surface area contributed by atoms with Gasteiger partial charge in [-0.05, 0) is 18.7 Å². The molecule has 2 N–H and O–H groups in total. The molecule has 6 nitrogen and oxygen atoms in total. The molecule has 0 radical (unpaired) electrons. The van der Waals surface area contributed by atoms with Gasteiger partial charge in [0.15, 0.2) is 0 Å². The summed E-state index contributed by atoms with van der Waals surface area (Å²) in [5.41, 5.74) is 0.965. The quantitative estimate of drug-likeness (QED) is 0.766. The monoisotopic (exact) mass is 322 g/mol. The average molecular weight is 323 g/mol. The first-order valence-electron chi connectivity index (χ1n) is 6.75. The van der Waals surface area contributed by atoms with Crippen LogP contribution in [0.4, 0.5) is 0 Å². The fraction of sp³-hybridized carbons (Fsp3) is 0.267. The molecule has 0 aliphatic rings. The number of carbonyl (C=O) groups is 1. The Morgan fingerprint density at radius 3 is 2.55 bits per heavy atom. The molecule has 1 aromatic carbocycles. The average Bonchev–Trinajstić information content (AvgIpc) is 2.50. The van der Waals surface area contributed by atoms with Crippen molar-refractivity contribution in [3.63, 3.8) is 0 Å². The Bertz CT molecular complexity index is 658. The second kappa shape index (κ2) is 8.96. The lowest BCUT2D eigenvalue weighted by Crippen LogP contribution is -2.33. The first-order chi connectivity index (χ1) is 10.2. The third-order valence-electron chi connectivity index (χ3n) is 2.93. The van der Waals surface area contributed by atoms with Crippen LogP contribution in [0, 0.1) is 0 Å². The van der Waals surface area contributed by atoms with E-state index in [2.05, 4.69) is 15.7 Å². The lowest BCUT2D eigenvalue weighted by Gasteiger charge is -2.08. The zero-order valence-electron chi connectivity index (χ0n) is 12.3. The van der Waals surface area contributed by atoms with Crippen LogP contribution in [0.2, 0.25) is 0 Å². The molecular formula is C15H19ClN4O2. The van der Waals surface area contributed by atoms with Gasteiger partial charge in [-0.1, -0.05) is 30.3 Å². The Balaban J connectivity index is 0.00000242. The minimum absolute atomic E-state index is 0. The van der Waals surface area contributed by atoms with Gasteiger partial charge >= 0.3 is 0 Å². The van der Waals surface area contributed by atoms with E-state index in [0.717, 1.165) is 5.56 Å². The van der Waals surface area contributed by atoms with Gasteiger partial charge in [-0.3, -0.25) is 9.59 Å². The maximum absolute atomic E-state index is 11.9. The third kappa shape index (κ3) is 4.98. The largest absolute Gasteiger partial charge is 0.349 e. The molecule has 0 bridgehead atoms. The molecule has 1 heterocycles. The predicted octanol–water partition coefficient (Wildman–Crippen LogP) is 0.663. The first-order valence-corrected chi connectivity index (χ1v) is 6.75. The SMILES string of the molecule is CNCCNC(=O)c1ccc(=O)n(Cc2ccccc2)n1.Cl. The number of aromatic nitrogens is 2. The third-order valence-corrected chi connectivity index (χ3v) is 2.93. The van der Waals surface area contributed by atoms with Crippen molar-refractivity contribution < 1.29 is 4.79 Å². The summed E-state index contributed by atoms with van der Waals surface area (Å²) in [6.07, 6.45) is 0. The summed E-state index contributed by atoms with van der Waals surface area (Å²) in [5, 5.41) is 9.79. The van der Waals surface area contributed by atoms with Gasteiger partial charge in [0.1, 0.15) is 5.69 Å². The Labute approximate surface area is 135 Å². The minimum Gasteiger partial charge on any atom is -0.349 e. The maximum atomic E-state index is 11.9. The Morgan fingerprint density at radius 2 is 1.86 bits per heavy atom. The molecular weight excluding hydrogens is 304 g/mol. The van der Waals surface area contributed by atoms with Crippen LogP contribution in [0.1, 0.15) is 16.1 Å². The topological polar surface area (TPSA) is 76.0 Å². The molecule has 22 heavy (non-hydrogen) atoms. The highest BCUT2D eigenvalue weighted by Gasteiger charge is 2.09. The van der Waals surface area contributed by atoms with Crippen LogP contribution >= 0.6 is 12.4 Å². The van der Waals surface area contributed by atoms with E-state index in [4.69, 9.17) is 0 Å². The summed E-state index contributed by atoms with van der Waals surface area (Å²) in [4.78, 5) is 23.7. The number of hydrogen-bond donors (Lipinski definition) is 2. The summed E-state index contributed by atoms with van der Waals surface area (Å²) in [6, 6.07) is 12.3. The zero-order valence-corrected chi connectivity index (χ0v) is 13.1. The second-order valence-electron chi connectivity index (χ2n) is 4.56. The molecule has 0 atom stereocenters. The van der Waals surface area contributed by atoms with Crippen molar-refractivity contribution in [1.82, 2.24) is 20.4 Å². The fourth-order valence-corrected chi connectivity index (χ4v) is 1.83. The second-order valence-corrected chi connectivity index (χ2v) is 4.56.